The van der Waals surface area contributed by atoms with E-state index in [4.69, 9.17) is 15.5 Å². The fourth-order valence-corrected chi connectivity index (χ4v) is 6.28. The lowest BCUT2D eigenvalue weighted by atomic mass is 9.75. The van der Waals surface area contributed by atoms with E-state index in [0.29, 0.717) is 51.4 Å². The predicted octanol–water partition coefficient (Wildman–Crippen LogP) is 5.55. The van der Waals surface area contributed by atoms with Crippen LogP contribution in [0.25, 0.3) is 22.2 Å². The molecule has 2 aromatic heterocycles. The van der Waals surface area contributed by atoms with Gasteiger partial charge in [0.05, 0.1) is 29.3 Å². The summed E-state index contributed by atoms with van der Waals surface area (Å²) in [5, 5.41) is 13.2. The number of aromatic nitrogens is 2. The lowest BCUT2D eigenvalue weighted by Crippen LogP contribution is -2.41. The number of ketones is 1. The highest BCUT2D eigenvalue weighted by atomic mass is 32.1. The number of Topliss-reactive ketones (excluding diaryl/α,β-unsaturated/α-hetero) is 1. The van der Waals surface area contributed by atoms with Crippen molar-refractivity contribution in [2.75, 3.05) is 11.5 Å². The Kier molecular flexibility index (Phi) is 6.55. The van der Waals surface area contributed by atoms with Crippen molar-refractivity contribution in [3.63, 3.8) is 0 Å². The molecule has 3 heterocycles. The number of hydrogen-bond donors (Lipinski definition) is 2. The molecular formula is C30H25FN4O4S. The number of fused-ring (bicyclic) bond motifs is 1. The minimum absolute atomic E-state index is 0.0163. The average molecular weight is 557 g/mol. The molecule has 0 fully saturated rings. The zero-order valence-electron chi connectivity index (χ0n) is 21.6. The molecule has 8 nitrogen and oxygen atoms in total. The second-order valence-corrected chi connectivity index (χ2v) is 10.4. The maximum absolute atomic E-state index is 15.7. The van der Waals surface area contributed by atoms with E-state index in [0.717, 1.165) is 0 Å². The van der Waals surface area contributed by atoms with Crippen molar-refractivity contribution >= 4 is 39.1 Å². The van der Waals surface area contributed by atoms with Gasteiger partial charge in [0.2, 0.25) is 5.95 Å². The van der Waals surface area contributed by atoms with E-state index in [1.807, 2.05) is 6.07 Å². The number of para-hydroxylation sites is 2. The Bertz CT molecular complexity index is 1740. The van der Waals surface area contributed by atoms with Crippen LogP contribution in [0.2, 0.25) is 0 Å². The number of carbonyl (C=O) groups is 2. The Balaban J connectivity index is 1.58. The van der Waals surface area contributed by atoms with Crippen LogP contribution in [-0.4, -0.2) is 33.4 Å². The third kappa shape index (κ3) is 4.21. The van der Waals surface area contributed by atoms with Crippen LogP contribution in [0, 0.1) is 5.95 Å². The number of aromatic hydroxyl groups is 1. The van der Waals surface area contributed by atoms with Crippen LogP contribution >= 0.6 is 11.3 Å². The van der Waals surface area contributed by atoms with Gasteiger partial charge < -0.3 is 15.6 Å². The topological polar surface area (TPSA) is 119 Å². The van der Waals surface area contributed by atoms with E-state index in [-0.39, 0.29) is 41.5 Å². The van der Waals surface area contributed by atoms with Crippen LogP contribution in [0.5, 0.6) is 5.75 Å². The van der Waals surface area contributed by atoms with Crippen molar-refractivity contribution in [1.29, 1.82) is 0 Å². The van der Waals surface area contributed by atoms with Crippen LogP contribution < -0.4 is 10.6 Å². The number of phenols is 1. The molecule has 0 amide bonds. The molecule has 0 saturated heterocycles. The number of nitrogens with zero attached hydrogens (tertiary/aromatic N) is 3. The summed E-state index contributed by atoms with van der Waals surface area (Å²) < 4.78 is 21.1. The fraction of sp³-hybridized carbons (Fsp3) is 0.200. The summed E-state index contributed by atoms with van der Waals surface area (Å²) in [6.07, 6.45) is 1.30. The highest BCUT2D eigenvalue weighted by molar-refractivity contribution is 7.14. The first-order chi connectivity index (χ1) is 19.4. The molecule has 2 aliphatic rings. The predicted molar refractivity (Wildman–Crippen MR) is 150 cm³/mol. The third-order valence-electron chi connectivity index (χ3n) is 7.17. The number of ether oxygens (including phenoxy) is 1. The maximum Gasteiger partial charge on any atom is 0.338 e. The highest BCUT2D eigenvalue weighted by Crippen LogP contribution is 2.48. The number of halogens is 1. The molecule has 10 heteroatoms. The van der Waals surface area contributed by atoms with Gasteiger partial charge in [-0.15, -0.1) is 11.3 Å². The van der Waals surface area contributed by atoms with Crippen LogP contribution in [0.1, 0.15) is 37.7 Å². The van der Waals surface area contributed by atoms with Gasteiger partial charge in [-0.3, -0.25) is 9.69 Å². The molecule has 1 aliphatic heterocycles. The zero-order chi connectivity index (χ0) is 28.0. The fourth-order valence-electron chi connectivity index (χ4n) is 5.42. The number of thiazole rings is 1. The standard InChI is InChI=1S/C30H25FN4O4S/c1-2-39-29(38)26-24(18-14-16-8-3-5-10-19(16)33-27(18)31)25-21(11-7-13-23(25)37)35(28(26)32)30-34-20(15-40-30)17-9-4-6-12-22(17)36/h3-6,8-10,12,14-15,24,36H,2,7,11,13,32H2,1H3. The van der Waals surface area contributed by atoms with Gasteiger partial charge in [-0.2, -0.15) is 4.39 Å². The molecule has 0 saturated carbocycles. The molecule has 40 heavy (non-hydrogen) atoms. The molecular weight excluding hydrogens is 531 g/mol. The van der Waals surface area contributed by atoms with Crippen molar-refractivity contribution in [3.05, 3.63) is 94.2 Å². The number of hydrogen-bond acceptors (Lipinski definition) is 9. The van der Waals surface area contributed by atoms with Crippen molar-refractivity contribution in [1.82, 2.24) is 9.97 Å². The highest BCUT2D eigenvalue weighted by Gasteiger charge is 2.45. The zero-order valence-corrected chi connectivity index (χ0v) is 22.4. The Morgan fingerprint density at radius 2 is 1.95 bits per heavy atom. The number of nitrogens with two attached hydrogens (primary N) is 1. The van der Waals surface area contributed by atoms with Gasteiger partial charge in [0.1, 0.15) is 11.6 Å². The van der Waals surface area contributed by atoms with Crippen LogP contribution in [0.15, 0.2) is 82.6 Å². The van der Waals surface area contributed by atoms with E-state index in [2.05, 4.69) is 4.98 Å². The quantitative estimate of drug-likeness (QED) is 0.243. The first-order valence-electron chi connectivity index (χ1n) is 12.9. The maximum atomic E-state index is 15.7. The normalized spacial score (nSPS) is 17.4. The van der Waals surface area contributed by atoms with Crippen molar-refractivity contribution in [3.8, 4) is 17.0 Å². The van der Waals surface area contributed by atoms with Crippen molar-refractivity contribution < 1.29 is 23.8 Å². The summed E-state index contributed by atoms with van der Waals surface area (Å²) in [4.78, 5) is 37.5. The number of rotatable bonds is 5. The molecule has 3 N–H and O–H groups in total. The summed E-state index contributed by atoms with van der Waals surface area (Å²) in [5.74, 6) is -2.73. The Hall–Kier alpha value is -4.57. The smallest absolute Gasteiger partial charge is 0.338 e. The number of allylic oxidation sites excluding steroid dienone is 2. The number of esters is 1. The van der Waals surface area contributed by atoms with E-state index in [9.17, 15) is 14.7 Å². The average Bonchev–Trinajstić information content (AvgIpc) is 3.42. The molecule has 1 unspecified atom stereocenters. The first-order valence-corrected chi connectivity index (χ1v) is 13.8. The molecule has 6 rings (SSSR count). The van der Waals surface area contributed by atoms with E-state index in [1.54, 1.807) is 65.7 Å². The van der Waals surface area contributed by atoms with E-state index >= 15 is 4.39 Å². The van der Waals surface area contributed by atoms with Gasteiger partial charge in [-0.25, -0.2) is 14.8 Å². The summed E-state index contributed by atoms with van der Waals surface area (Å²) in [7, 11) is 0. The minimum Gasteiger partial charge on any atom is -0.507 e. The third-order valence-corrected chi connectivity index (χ3v) is 7.99. The van der Waals surface area contributed by atoms with Crippen LogP contribution in [0.3, 0.4) is 0 Å². The van der Waals surface area contributed by atoms with Gasteiger partial charge >= 0.3 is 5.97 Å². The minimum atomic E-state index is -1.09. The Labute approximate surface area is 233 Å². The second-order valence-electron chi connectivity index (χ2n) is 9.52. The van der Waals surface area contributed by atoms with Crippen LogP contribution in [0.4, 0.5) is 9.52 Å². The van der Waals surface area contributed by atoms with Gasteiger partial charge in [-0.05, 0) is 44.0 Å². The molecule has 202 valence electrons. The molecule has 0 bridgehead atoms. The Morgan fingerprint density at radius 3 is 2.75 bits per heavy atom. The van der Waals surface area contributed by atoms with Crippen molar-refractivity contribution in [2.24, 2.45) is 5.73 Å². The van der Waals surface area contributed by atoms with Crippen LogP contribution in [-0.2, 0) is 14.3 Å². The number of pyridine rings is 1. The lowest BCUT2D eigenvalue weighted by molar-refractivity contribution is -0.138. The molecule has 2 aromatic carbocycles. The SMILES string of the molecule is CCOC(=O)C1=C(N)N(c2nc(-c3ccccc3O)cs2)C2=C(C(=O)CCC2)C1c1cc2ccccc2nc1F. The number of anilines is 1. The number of phenolic OH excluding ortho intramolecular Hbond substituents is 1. The van der Waals surface area contributed by atoms with E-state index in [1.165, 1.54) is 11.3 Å². The monoisotopic (exact) mass is 556 g/mol. The number of carbonyl (C=O) groups excluding carboxylic acids is 2. The summed E-state index contributed by atoms with van der Waals surface area (Å²) in [6.45, 7) is 1.73. The molecule has 0 radical (unpaired) electrons. The Morgan fingerprint density at radius 1 is 1.18 bits per heavy atom. The van der Waals surface area contributed by atoms with Gasteiger partial charge in [0, 0.05) is 39.6 Å². The summed E-state index contributed by atoms with van der Waals surface area (Å²) in [5.41, 5.74) is 9.15. The molecule has 1 aliphatic carbocycles. The van der Waals surface area contributed by atoms with Crippen molar-refractivity contribution in [2.45, 2.75) is 32.1 Å². The van der Waals surface area contributed by atoms with Gasteiger partial charge in [0.15, 0.2) is 10.9 Å². The van der Waals surface area contributed by atoms with E-state index < -0.39 is 17.8 Å². The number of benzene rings is 2. The second kappa shape index (κ2) is 10.2. The summed E-state index contributed by atoms with van der Waals surface area (Å²) in [6, 6.07) is 15.5. The molecule has 1 atom stereocenters. The largest absolute Gasteiger partial charge is 0.507 e. The van der Waals surface area contributed by atoms with Gasteiger partial charge in [0.25, 0.3) is 0 Å². The first kappa shape index (κ1) is 25.7. The van der Waals surface area contributed by atoms with Gasteiger partial charge in [-0.1, -0.05) is 30.3 Å². The summed E-state index contributed by atoms with van der Waals surface area (Å²) >= 11 is 1.26. The molecule has 0 spiro atoms. The molecule has 4 aromatic rings. The lowest BCUT2D eigenvalue weighted by Gasteiger charge is -2.39.